The van der Waals surface area contributed by atoms with Crippen LogP contribution in [0.5, 0.6) is 0 Å². The van der Waals surface area contributed by atoms with Crippen LogP contribution in [0.3, 0.4) is 0 Å². The van der Waals surface area contributed by atoms with Gasteiger partial charge < -0.3 is 15.4 Å². The van der Waals surface area contributed by atoms with Gasteiger partial charge in [0.05, 0.1) is 23.4 Å². The lowest BCUT2D eigenvalue weighted by Crippen LogP contribution is -2.25. The topological polar surface area (TPSA) is 78.0 Å². The lowest BCUT2D eigenvalue weighted by Gasteiger charge is -2.24. The van der Waals surface area contributed by atoms with E-state index in [1.165, 1.54) is 6.07 Å². The third kappa shape index (κ3) is 4.33. The smallest absolute Gasteiger partial charge is 0.261 e. The van der Waals surface area contributed by atoms with Crippen molar-refractivity contribution in [3.63, 3.8) is 0 Å². The fraction of sp³-hybridized carbons (Fsp3) is 0.600. The van der Waals surface area contributed by atoms with Crippen LogP contribution in [-0.2, 0) is 5.75 Å². The fourth-order valence-electron chi connectivity index (χ4n) is 4.12. The van der Waals surface area contributed by atoms with E-state index in [-0.39, 0.29) is 23.0 Å². The summed E-state index contributed by atoms with van der Waals surface area (Å²) in [5, 5.41) is 13.0. The Morgan fingerprint density at radius 2 is 2.00 bits per heavy atom. The minimum Gasteiger partial charge on any atom is -0.393 e. The predicted molar refractivity (Wildman–Crippen MR) is 108 cm³/mol. The molecule has 0 saturated heterocycles. The van der Waals surface area contributed by atoms with Crippen molar-refractivity contribution in [3.8, 4) is 0 Å². The molecule has 0 amide bonds. The number of aliphatic hydroxyl groups excluding tert-OH is 1. The molecule has 3 N–H and O–H groups in total. The summed E-state index contributed by atoms with van der Waals surface area (Å²) in [6, 6.07) is 2.55. The van der Waals surface area contributed by atoms with Crippen molar-refractivity contribution >= 4 is 28.4 Å². The van der Waals surface area contributed by atoms with Gasteiger partial charge >= 0.3 is 0 Å². The van der Waals surface area contributed by atoms with Gasteiger partial charge in [-0.25, -0.2) is 13.8 Å². The van der Waals surface area contributed by atoms with Gasteiger partial charge in [0.1, 0.15) is 23.2 Å². The molecule has 8 heteroatoms. The van der Waals surface area contributed by atoms with E-state index in [4.69, 9.17) is 0 Å². The first-order chi connectivity index (χ1) is 13.5. The van der Waals surface area contributed by atoms with Crippen LogP contribution in [0, 0.1) is 5.82 Å². The Kier molecular flexibility index (Phi) is 5.87. The van der Waals surface area contributed by atoms with Crippen molar-refractivity contribution in [1.82, 2.24) is 9.97 Å². The molecule has 5 nitrogen and oxygen atoms in total. The molecule has 152 valence electrons. The number of benzene rings is 1. The molecule has 0 radical (unpaired) electrons. The summed E-state index contributed by atoms with van der Waals surface area (Å²) in [6.07, 6.45) is 4.39. The average Bonchev–Trinajstić information content (AvgIpc) is 3.05. The first kappa shape index (κ1) is 19.6. The largest absolute Gasteiger partial charge is 0.393 e. The van der Waals surface area contributed by atoms with E-state index < -0.39 is 17.5 Å². The van der Waals surface area contributed by atoms with E-state index in [9.17, 15) is 18.7 Å². The number of anilines is 1. The van der Waals surface area contributed by atoms with E-state index >= 15 is 0 Å². The molecule has 28 heavy (non-hydrogen) atoms. The van der Waals surface area contributed by atoms with Crippen LogP contribution in [0.15, 0.2) is 16.9 Å². The van der Waals surface area contributed by atoms with Gasteiger partial charge in [-0.1, -0.05) is 0 Å². The number of thioether (sulfide) groups is 1. The average molecular weight is 410 g/mol. The summed E-state index contributed by atoms with van der Waals surface area (Å²) in [4.78, 5) is 19.5. The van der Waals surface area contributed by atoms with Gasteiger partial charge in [0, 0.05) is 10.9 Å². The van der Waals surface area contributed by atoms with E-state index in [1.54, 1.807) is 17.8 Å². The molecule has 1 aromatic carbocycles. The monoisotopic (exact) mass is 409 g/mol. The summed E-state index contributed by atoms with van der Waals surface area (Å²) >= 11 is 1.70. The first-order valence-electron chi connectivity index (χ1n) is 9.92. The Balaban J connectivity index is 1.53. The first-order valence-corrected chi connectivity index (χ1v) is 11.0. The Morgan fingerprint density at radius 1 is 1.21 bits per heavy atom. The Morgan fingerprint density at radius 3 is 2.71 bits per heavy atom. The zero-order valence-corrected chi connectivity index (χ0v) is 16.4. The number of halogens is 2. The number of aromatic amines is 1. The molecule has 2 aliphatic carbocycles. The number of alkyl halides is 1. The van der Waals surface area contributed by atoms with E-state index in [2.05, 4.69) is 15.3 Å². The second kappa shape index (κ2) is 8.37. The summed E-state index contributed by atoms with van der Waals surface area (Å²) in [7, 11) is 0. The maximum atomic E-state index is 14.5. The zero-order chi connectivity index (χ0) is 19.7. The van der Waals surface area contributed by atoms with Crippen LogP contribution in [-0.4, -0.2) is 38.6 Å². The van der Waals surface area contributed by atoms with Crippen LogP contribution in [0.4, 0.5) is 14.5 Å². The number of nitrogens with one attached hydrogen (secondary N) is 2. The van der Waals surface area contributed by atoms with Crippen LogP contribution < -0.4 is 10.9 Å². The summed E-state index contributed by atoms with van der Waals surface area (Å²) in [6.45, 7) is 0. The van der Waals surface area contributed by atoms with Gasteiger partial charge in [-0.3, -0.25) is 4.79 Å². The number of aliphatic hydroxyl groups is 1. The molecule has 0 bridgehead atoms. The van der Waals surface area contributed by atoms with Crippen LogP contribution in [0.25, 0.3) is 10.9 Å². The van der Waals surface area contributed by atoms with Crippen LogP contribution in [0.1, 0.15) is 50.8 Å². The maximum Gasteiger partial charge on any atom is 0.261 e. The lowest BCUT2D eigenvalue weighted by atomic mass is 9.97. The molecule has 2 saturated carbocycles. The van der Waals surface area contributed by atoms with Crippen molar-refractivity contribution in [3.05, 3.63) is 34.1 Å². The van der Waals surface area contributed by atoms with Crippen LogP contribution >= 0.6 is 11.8 Å². The predicted octanol–water partition coefficient (Wildman–Crippen LogP) is 3.90. The summed E-state index contributed by atoms with van der Waals surface area (Å²) in [5.41, 5.74) is 0.250. The molecular formula is C20H25F2N3O2S. The standard InChI is InChI=1S/C20H25F2N3O2S/c21-14-2-1-3-16(14)23-11-8-15(22)19-17(9-11)24-18(25-20(19)27)10-28-13-6-4-12(26)5-7-13/h8-9,12-14,16,23,26H,1-7,10H2,(H,24,25,27)/t12-,13-,14-,16+/m1/s1. The van der Waals surface area contributed by atoms with Crippen molar-refractivity contribution < 1.29 is 13.9 Å². The van der Waals surface area contributed by atoms with E-state index in [0.717, 1.165) is 32.1 Å². The van der Waals surface area contributed by atoms with Gasteiger partial charge in [0.2, 0.25) is 0 Å². The Labute approximate surface area is 166 Å². The quantitative estimate of drug-likeness (QED) is 0.698. The number of hydrogen-bond donors (Lipinski definition) is 3. The van der Waals surface area contributed by atoms with Crippen molar-refractivity contribution in [1.29, 1.82) is 0 Å². The highest BCUT2D eigenvalue weighted by atomic mass is 32.2. The number of hydrogen-bond acceptors (Lipinski definition) is 5. The number of H-pyrrole nitrogens is 1. The van der Waals surface area contributed by atoms with Gasteiger partial charge in [0.25, 0.3) is 5.56 Å². The Bertz CT molecular complexity index is 899. The third-order valence-electron chi connectivity index (χ3n) is 5.69. The minimum atomic E-state index is -0.938. The van der Waals surface area contributed by atoms with Crippen molar-refractivity contribution in [2.45, 2.75) is 74.3 Å². The molecule has 2 aliphatic rings. The molecule has 1 heterocycles. The summed E-state index contributed by atoms with van der Waals surface area (Å²) in [5.74, 6) is 0.387. The molecule has 2 aromatic rings. The van der Waals surface area contributed by atoms with E-state index in [1.807, 2.05) is 0 Å². The van der Waals surface area contributed by atoms with Crippen LogP contribution in [0.2, 0.25) is 0 Å². The number of fused-ring (bicyclic) bond motifs is 1. The molecule has 0 aliphatic heterocycles. The molecule has 2 atom stereocenters. The van der Waals surface area contributed by atoms with Crippen molar-refractivity contribution in [2.75, 3.05) is 5.32 Å². The number of rotatable bonds is 5. The zero-order valence-electron chi connectivity index (χ0n) is 15.6. The van der Waals surface area contributed by atoms with Gasteiger partial charge in [-0.2, -0.15) is 11.8 Å². The number of nitrogens with zero attached hydrogens (tertiary/aromatic N) is 1. The third-order valence-corrected chi connectivity index (χ3v) is 7.08. The SMILES string of the molecule is O=c1[nH]c(CS[C@H]2CC[C@H](O)CC2)nc2cc(N[C@H]3CCC[C@H]3F)cc(F)c12. The normalized spacial score (nSPS) is 28.0. The lowest BCUT2D eigenvalue weighted by molar-refractivity contribution is 0.132. The maximum absolute atomic E-state index is 14.5. The Hall–Kier alpha value is -1.67. The number of aromatic nitrogens is 2. The van der Waals surface area contributed by atoms with Crippen molar-refractivity contribution in [2.24, 2.45) is 0 Å². The minimum absolute atomic E-state index is 0.0664. The highest BCUT2D eigenvalue weighted by molar-refractivity contribution is 7.99. The second-order valence-corrected chi connectivity index (χ2v) is 9.09. The summed E-state index contributed by atoms with van der Waals surface area (Å²) < 4.78 is 28.4. The van der Waals surface area contributed by atoms with E-state index in [0.29, 0.717) is 35.4 Å². The highest BCUT2D eigenvalue weighted by Crippen LogP contribution is 2.31. The molecule has 4 rings (SSSR count). The van der Waals surface area contributed by atoms with Gasteiger partial charge in [-0.15, -0.1) is 0 Å². The van der Waals surface area contributed by atoms with Gasteiger partial charge in [0.15, 0.2) is 0 Å². The second-order valence-electron chi connectivity index (χ2n) is 7.80. The molecular weight excluding hydrogens is 384 g/mol. The molecule has 0 spiro atoms. The fourth-order valence-corrected chi connectivity index (χ4v) is 5.26. The molecule has 0 unspecified atom stereocenters. The molecule has 1 aromatic heterocycles. The highest BCUT2D eigenvalue weighted by Gasteiger charge is 2.27. The molecule has 2 fully saturated rings. The van der Waals surface area contributed by atoms with Gasteiger partial charge in [-0.05, 0) is 57.1 Å².